The summed E-state index contributed by atoms with van der Waals surface area (Å²) in [7, 11) is 1.45. The maximum atomic E-state index is 11.8. The van der Waals surface area contributed by atoms with Crippen molar-refractivity contribution in [1.29, 1.82) is 5.26 Å². The number of amides is 2. The van der Waals surface area contributed by atoms with Gasteiger partial charge in [0.2, 0.25) is 11.9 Å². The largest absolute Gasteiger partial charge is 0.342 e. The van der Waals surface area contributed by atoms with Crippen LogP contribution in [-0.2, 0) is 9.59 Å². The number of hydrogen-bond acceptors (Lipinski definition) is 6. The lowest BCUT2D eigenvalue weighted by molar-refractivity contribution is -0.146. The zero-order valence-electron chi connectivity index (χ0n) is 9.75. The van der Waals surface area contributed by atoms with E-state index >= 15 is 0 Å². The number of piperidine rings is 1. The minimum absolute atomic E-state index is 0.190. The summed E-state index contributed by atoms with van der Waals surface area (Å²) in [6, 6.07) is 2.84. The van der Waals surface area contributed by atoms with Crippen LogP contribution < -0.4 is 5.32 Å². The van der Waals surface area contributed by atoms with Gasteiger partial charge in [0.25, 0.3) is 5.91 Å². The van der Waals surface area contributed by atoms with Crippen molar-refractivity contribution >= 4 is 17.8 Å². The molecule has 1 aliphatic heterocycles. The molecular weight excluding hydrogens is 234 g/mol. The third-order valence-electron chi connectivity index (χ3n) is 2.72. The molecule has 7 nitrogen and oxygen atoms in total. The second-order valence-electron chi connectivity index (χ2n) is 3.90. The number of nitriles is 1. The number of anilines is 1. The van der Waals surface area contributed by atoms with Gasteiger partial charge in [0.05, 0.1) is 0 Å². The molecule has 1 unspecified atom stereocenters. The van der Waals surface area contributed by atoms with E-state index in [0.717, 1.165) is 4.90 Å². The highest BCUT2D eigenvalue weighted by molar-refractivity contribution is 6.01. The number of nitrogens with zero attached hydrogens (tertiary/aromatic N) is 4. The molecule has 0 aromatic carbocycles. The van der Waals surface area contributed by atoms with Crippen molar-refractivity contribution in [2.24, 2.45) is 0 Å². The van der Waals surface area contributed by atoms with Gasteiger partial charge in [-0.25, -0.2) is 9.97 Å². The van der Waals surface area contributed by atoms with Gasteiger partial charge in [-0.05, 0) is 12.5 Å². The minimum Gasteiger partial charge on any atom is -0.342 e. The van der Waals surface area contributed by atoms with Crippen molar-refractivity contribution in [3.05, 3.63) is 18.0 Å². The zero-order chi connectivity index (χ0) is 13.1. The van der Waals surface area contributed by atoms with Crippen molar-refractivity contribution in [2.75, 3.05) is 12.4 Å². The molecule has 0 saturated carbocycles. The Hall–Kier alpha value is -2.49. The van der Waals surface area contributed by atoms with Crippen LogP contribution in [-0.4, -0.2) is 39.8 Å². The first-order valence-electron chi connectivity index (χ1n) is 5.42. The van der Waals surface area contributed by atoms with Gasteiger partial charge in [0.1, 0.15) is 17.8 Å². The van der Waals surface area contributed by atoms with Gasteiger partial charge in [-0.3, -0.25) is 14.5 Å². The van der Waals surface area contributed by atoms with Crippen molar-refractivity contribution < 1.29 is 9.59 Å². The Kier molecular flexibility index (Phi) is 3.19. The molecule has 2 rings (SSSR count). The summed E-state index contributed by atoms with van der Waals surface area (Å²) in [5.74, 6) is -0.280. The van der Waals surface area contributed by atoms with Gasteiger partial charge in [0, 0.05) is 19.7 Å². The van der Waals surface area contributed by atoms with E-state index in [1.165, 1.54) is 19.3 Å². The first kappa shape index (κ1) is 12.0. The van der Waals surface area contributed by atoms with E-state index in [1.807, 2.05) is 6.07 Å². The number of likely N-dealkylation sites (tertiary alicyclic amines) is 1. The lowest BCUT2D eigenvalue weighted by Gasteiger charge is -2.28. The van der Waals surface area contributed by atoms with Crippen LogP contribution in [0, 0.1) is 11.3 Å². The van der Waals surface area contributed by atoms with Crippen molar-refractivity contribution in [1.82, 2.24) is 14.9 Å². The molecule has 1 atom stereocenters. The summed E-state index contributed by atoms with van der Waals surface area (Å²) in [4.78, 5) is 32.1. The van der Waals surface area contributed by atoms with Crippen LogP contribution in [0.15, 0.2) is 12.3 Å². The monoisotopic (exact) mass is 245 g/mol. The number of hydrogen-bond donors (Lipinski definition) is 1. The lowest BCUT2D eigenvalue weighted by Crippen LogP contribution is -2.48. The number of carbonyl (C=O) groups excluding carboxylic acids is 2. The molecule has 18 heavy (non-hydrogen) atoms. The normalized spacial score (nSPS) is 19.6. The van der Waals surface area contributed by atoms with E-state index in [2.05, 4.69) is 15.3 Å². The van der Waals surface area contributed by atoms with Crippen LogP contribution in [0.3, 0.4) is 0 Å². The third-order valence-corrected chi connectivity index (χ3v) is 2.72. The van der Waals surface area contributed by atoms with Crippen LogP contribution >= 0.6 is 0 Å². The summed E-state index contributed by atoms with van der Waals surface area (Å²) < 4.78 is 0. The molecule has 2 heterocycles. The maximum absolute atomic E-state index is 11.8. The highest BCUT2D eigenvalue weighted by Crippen LogP contribution is 2.14. The van der Waals surface area contributed by atoms with E-state index < -0.39 is 6.04 Å². The van der Waals surface area contributed by atoms with Gasteiger partial charge >= 0.3 is 0 Å². The molecule has 1 saturated heterocycles. The molecule has 92 valence electrons. The summed E-state index contributed by atoms with van der Waals surface area (Å²) in [5, 5.41) is 11.5. The van der Waals surface area contributed by atoms with Gasteiger partial charge in [-0.2, -0.15) is 5.26 Å². The molecule has 0 aliphatic carbocycles. The van der Waals surface area contributed by atoms with E-state index in [1.54, 1.807) is 0 Å². The molecule has 1 N–H and O–H groups in total. The number of imide groups is 1. The Labute approximate surface area is 103 Å². The van der Waals surface area contributed by atoms with Gasteiger partial charge in [-0.15, -0.1) is 0 Å². The van der Waals surface area contributed by atoms with E-state index in [4.69, 9.17) is 5.26 Å². The predicted molar refractivity (Wildman–Crippen MR) is 61.2 cm³/mol. The summed E-state index contributed by atoms with van der Waals surface area (Å²) in [5.41, 5.74) is 0.222. The van der Waals surface area contributed by atoms with E-state index in [0.29, 0.717) is 12.8 Å². The lowest BCUT2D eigenvalue weighted by atomic mass is 10.1. The Bertz CT molecular complexity index is 536. The molecule has 0 spiro atoms. The van der Waals surface area contributed by atoms with Crippen LogP contribution in [0.1, 0.15) is 18.5 Å². The molecule has 1 fully saturated rings. The SMILES string of the molecule is CN1C(=O)CCC(Nc2nccc(C#N)n2)C1=O. The Balaban J connectivity index is 2.12. The number of rotatable bonds is 2. The zero-order valence-corrected chi connectivity index (χ0v) is 9.75. The van der Waals surface area contributed by atoms with Gasteiger partial charge < -0.3 is 5.32 Å². The third kappa shape index (κ3) is 2.27. The predicted octanol–water partition coefficient (Wildman–Crippen LogP) is -0.0924. The van der Waals surface area contributed by atoms with Gasteiger partial charge in [-0.1, -0.05) is 0 Å². The number of carbonyl (C=O) groups is 2. The number of nitrogens with one attached hydrogen (secondary N) is 1. The second-order valence-corrected chi connectivity index (χ2v) is 3.90. The molecular formula is C11H11N5O2. The van der Waals surface area contributed by atoms with Crippen LogP contribution in [0.5, 0.6) is 0 Å². The average molecular weight is 245 g/mol. The van der Waals surface area contributed by atoms with Crippen LogP contribution in [0.2, 0.25) is 0 Å². The van der Waals surface area contributed by atoms with E-state index in [9.17, 15) is 9.59 Å². The average Bonchev–Trinajstić information content (AvgIpc) is 2.40. The highest BCUT2D eigenvalue weighted by atomic mass is 16.2. The fourth-order valence-corrected chi connectivity index (χ4v) is 1.70. The molecule has 1 aromatic rings. The summed E-state index contributed by atoms with van der Waals surface area (Å²) in [6.45, 7) is 0. The van der Waals surface area contributed by atoms with Crippen molar-refractivity contribution in [3.8, 4) is 6.07 Å². The molecule has 7 heteroatoms. The standard InChI is InChI=1S/C11H11N5O2/c1-16-9(17)3-2-8(10(16)18)15-11-13-5-4-7(6-12)14-11/h4-5,8H,2-3H2,1H3,(H,13,14,15). The van der Waals surface area contributed by atoms with Crippen molar-refractivity contribution in [3.63, 3.8) is 0 Å². The quantitative estimate of drug-likeness (QED) is 0.731. The fraction of sp³-hybridized carbons (Fsp3) is 0.364. The summed E-state index contributed by atoms with van der Waals surface area (Å²) in [6.07, 6.45) is 2.15. The first-order valence-corrected chi connectivity index (χ1v) is 5.42. The second kappa shape index (κ2) is 4.79. The Morgan fingerprint density at radius 3 is 3.06 bits per heavy atom. The molecule has 0 radical (unpaired) electrons. The smallest absolute Gasteiger partial charge is 0.251 e. The minimum atomic E-state index is -0.526. The molecule has 2 amide bonds. The Morgan fingerprint density at radius 2 is 2.33 bits per heavy atom. The maximum Gasteiger partial charge on any atom is 0.251 e. The number of likely N-dealkylation sites (N-methyl/N-ethyl adjacent to an activating group) is 1. The summed E-state index contributed by atoms with van der Waals surface area (Å²) >= 11 is 0. The van der Waals surface area contributed by atoms with Gasteiger partial charge in [0.15, 0.2) is 0 Å². The van der Waals surface area contributed by atoms with Crippen molar-refractivity contribution in [2.45, 2.75) is 18.9 Å². The molecule has 1 aliphatic rings. The van der Waals surface area contributed by atoms with Crippen LogP contribution in [0.25, 0.3) is 0 Å². The molecule has 0 bridgehead atoms. The highest BCUT2D eigenvalue weighted by Gasteiger charge is 2.32. The molecule has 1 aromatic heterocycles. The van der Waals surface area contributed by atoms with Crippen LogP contribution in [0.4, 0.5) is 5.95 Å². The topological polar surface area (TPSA) is 99.0 Å². The first-order chi connectivity index (χ1) is 8.61. The van der Waals surface area contributed by atoms with E-state index in [-0.39, 0.29) is 23.5 Å². The Morgan fingerprint density at radius 1 is 1.56 bits per heavy atom. The number of aromatic nitrogens is 2. The fourth-order valence-electron chi connectivity index (χ4n) is 1.70.